The molecule has 0 saturated carbocycles. The molecule has 1 aliphatic carbocycles. The van der Waals surface area contributed by atoms with Crippen molar-refractivity contribution >= 4 is 5.82 Å². The van der Waals surface area contributed by atoms with Gasteiger partial charge in [0.1, 0.15) is 12.1 Å². The number of nitrogens with two attached hydrogens (primary N) is 1. The first-order valence-corrected chi connectivity index (χ1v) is 6.71. The quantitative estimate of drug-likeness (QED) is 0.826. The minimum Gasteiger partial charge on any atom is -0.370 e. The van der Waals surface area contributed by atoms with E-state index in [4.69, 9.17) is 10.5 Å². The molecule has 2 unspecified atom stereocenters. The van der Waals surface area contributed by atoms with Crippen LogP contribution in [0.15, 0.2) is 6.33 Å². The molecular formula is C13H20N4O. The Morgan fingerprint density at radius 3 is 3.11 bits per heavy atom. The monoisotopic (exact) mass is 248 g/mol. The molecule has 0 aromatic carbocycles. The third-order valence-corrected chi connectivity index (χ3v) is 3.74. The van der Waals surface area contributed by atoms with Crippen LogP contribution in [0.4, 0.5) is 5.82 Å². The predicted molar refractivity (Wildman–Crippen MR) is 69.7 cm³/mol. The van der Waals surface area contributed by atoms with Crippen LogP contribution in [0, 0.1) is 0 Å². The Bertz CT molecular complexity index is 437. The summed E-state index contributed by atoms with van der Waals surface area (Å²) >= 11 is 0. The molecule has 2 aliphatic rings. The topological polar surface area (TPSA) is 64.3 Å². The van der Waals surface area contributed by atoms with Crippen molar-refractivity contribution in [2.75, 3.05) is 24.5 Å². The zero-order valence-corrected chi connectivity index (χ0v) is 10.8. The number of ether oxygens (including phenoxy) is 1. The second kappa shape index (κ2) is 4.82. The van der Waals surface area contributed by atoms with E-state index in [1.807, 2.05) is 0 Å². The first-order valence-electron chi connectivity index (χ1n) is 6.71. The van der Waals surface area contributed by atoms with Crippen LogP contribution in [-0.2, 0) is 17.6 Å². The van der Waals surface area contributed by atoms with Crippen molar-refractivity contribution in [3.8, 4) is 0 Å². The van der Waals surface area contributed by atoms with Crippen LogP contribution >= 0.6 is 0 Å². The minimum atomic E-state index is 0.112. The van der Waals surface area contributed by atoms with Gasteiger partial charge in [-0.2, -0.15) is 0 Å². The number of rotatable bonds is 2. The van der Waals surface area contributed by atoms with E-state index in [1.54, 1.807) is 6.33 Å². The van der Waals surface area contributed by atoms with Crippen molar-refractivity contribution in [1.29, 1.82) is 0 Å². The number of fused-ring (bicyclic) bond motifs is 1. The van der Waals surface area contributed by atoms with Crippen molar-refractivity contribution in [1.82, 2.24) is 9.97 Å². The summed E-state index contributed by atoms with van der Waals surface area (Å²) in [6, 6.07) is 0. The molecule has 0 spiro atoms. The molecule has 2 N–H and O–H groups in total. The van der Waals surface area contributed by atoms with Crippen LogP contribution in [0.3, 0.4) is 0 Å². The maximum Gasteiger partial charge on any atom is 0.135 e. The highest BCUT2D eigenvalue weighted by molar-refractivity contribution is 5.51. The molecule has 0 radical (unpaired) electrons. The Kier molecular flexibility index (Phi) is 3.18. The number of anilines is 1. The molecule has 1 aliphatic heterocycles. The van der Waals surface area contributed by atoms with Gasteiger partial charge in [-0.25, -0.2) is 9.97 Å². The standard InChI is InChI=1S/C13H20N4O/c1-9-6-17(7-10(5-14)18-9)13-11-3-2-4-12(11)15-8-16-13/h8-10H,2-7,14H2,1H3. The van der Waals surface area contributed by atoms with Crippen molar-refractivity contribution < 1.29 is 4.74 Å². The van der Waals surface area contributed by atoms with Gasteiger partial charge in [0.15, 0.2) is 0 Å². The van der Waals surface area contributed by atoms with Gasteiger partial charge in [0.05, 0.1) is 12.2 Å². The van der Waals surface area contributed by atoms with Gasteiger partial charge in [-0.15, -0.1) is 0 Å². The largest absolute Gasteiger partial charge is 0.370 e. The lowest BCUT2D eigenvalue weighted by molar-refractivity contribution is -0.0107. The molecule has 2 atom stereocenters. The van der Waals surface area contributed by atoms with Gasteiger partial charge in [0, 0.05) is 30.9 Å². The number of hydrogen-bond donors (Lipinski definition) is 1. The number of aryl methyl sites for hydroxylation is 1. The molecule has 2 heterocycles. The molecule has 3 rings (SSSR count). The maximum atomic E-state index is 5.80. The Labute approximate surface area is 107 Å². The Hall–Kier alpha value is -1.20. The Morgan fingerprint density at radius 2 is 2.28 bits per heavy atom. The fraction of sp³-hybridized carbons (Fsp3) is 0.692. The molecular weight excluding hydrogens is 228 g/mol. The smallest absolute Gasteiger partial charge is 0.135 e. The molecule has 18 heavy (non-hydrogen) atoms. The van der Waals surface area contributed by atoms with Crippen molar-refractivity contribution in [3.05, 3.63) is 17.6 Å². The van der Waals surface area contributed by atoms with E-state index < -0.39 is 0 Å². The normalized spacial score (nSPS) is 27.3. The van der Waals surface area contributed by atoms with Crippen LogP contribution in [0.25, 0.3) is 0 Å². The predicted octanol–water partition coefficient (Wildman–Crippen LogP) is 0.518. The molecule has 1 saturated heterocycles. The van der Waals surface area contributed by atoms with Crippen LogP contribution < -0.4 is 10.6 Å². The fourth-order valence-corrected chi connectivity index (χ4v) is 2.96. The summed E-state index contributed by atoms with van der Waals surface area (Å²) in [4.78, 5) is 11.2. The average Bonchev–Trinajstić information content (AvgIpc) is 2.85. The van der Waals surface area contributed by atoms with E-state index in [0.29, 0.717) is 6.54 Å². The van der Waals surface area contributed by atoms with Crippen molar-refractivity contribution in [2.45, 2.75) is 38.4 Å². The first-order chi connectivity index (χ1) is 8.78. The number of nitrogens with zero attached hydrogens (tertiary/aromatic N) is 3. The third kappa shape index (κ3) is 2.08. The Morgan fingerprint density at radius 1 is 1.39 bits per heavy atom. The molecule has 5 heteroatoms. The summed E-state index contributed by atoms with van der Waals surface area (Å²) in [6.45, 7) is 4.38. The zero-order chi connectivity index (χ0) is 12.5. The summed E-state index contributed by atoms with van der Waals surface area (Å²) in [5, 5.41) is 0. The SMILES string of the molecule is CC1CN(c2ncnc3c2CCC3)CC(CN)O1. The summed E-state index contributed by atoms with van der Waals surface area (Å²) in [6.07, 6.45) is 5.40. The van der Waals surface area contributed by atoms with Crippen molar-refractivity contribution in [2.24, 2.45) is 5.73 Å². The number of morpholine rings is 1. The van der Waals surface area contributed by atoms with E-state index in [2.05, 4.69) is 21.8 Å². The van der Waals surface area contributed by atoms with E-state index in [9.17, 15) is 0 Å². The molecule has 0 bridgehead atoms. The van der Waals surface area contributed by atoms with E-state index >= 15 is 0 Å². The summed E-state index contributed by atoms with van der Waals surface area (Å²) in [7, 11) is 0. The summed E-state index contributed by atoms with van der Waals surface area (Å²) in [5.41, 5.74) is 8.30. The van der Waals surface area contributed by atoms with Crippen LogP contribution in [-0.4, -0.2) is 41.8 Å². The lowest BCUT2D eigenvalue weighted by atomic mass is 10.1. The van der Waals surface area contributed by atoms with Gasteiger partial charge in [-0.3, -0.25) is 0 Å². The van der Waals surface area contributed by atoms with Crippen molar-refractivity contribution in [3.63, 3.8) is 0 Å². The fourth-order valence-electron chi connectivity index (χ4n) is 2.96. The Balaban J connectivity index is 1.88. The zero-order valence-electron chi connectivity index (χ0n) is 10.8. The lowest BCUT2D eigenvalue weighted by Crippen LogP contribution is -2.50. The molecule has 1 fully saturated rings. The molecule has 1 aromatic rings. The van der Waals surface area contributed by atoms with Gasteiger partial charge in [-0.1, -0.05) is 0 Å². The van der Waals surface area contributed by atoms with E-state index in [0.717, 1.165) is 31.7 Å². The molecule has 98 valence electrons. The second-order valence-corrected chi connectivity index (χ2v) is 5.19. The number of hydrogen-bond acceptors (Lipinski definition) is 5. The highest BCUT2D eigenvalue weighted by Crippen LogP contribution is 2.29. The van der Waals surface area contributed by atoms with Gasteiger partial charge >= 0.3 is 0 Å². The third-order valence-electron chi connectivity index (χ3n) is 3.74. The van der Waals surface area contributed by atoms with Crippen LogP contribution in [0.2, 0.25) is 0 Å². The average molecular weight is 248 g/mol. The highest BCUT2D eigenvalue weighted by Gasteiger charge is 2.28. The van der Waals surface area contributed by atoms with E-state index in [-0.39, 0.29) is 12.2 Å². The lowest BCUT2D eigenvalue weighted by Gasteiger charge is -2.37. The molecule has 1 aromatic heterocycles. The van der Waals surface area contributed by atoms with Crippen LogP contribution in [0.5, 0.6) is 0 Å². The van der Waals surface area contributed by atoms with Gasteiger partial charge in [0.2, 0.25) is 0 Å². The minimum absolute atomic E-state index is 0.112. The summed E-state index contributed by atoms with van der Waals surface area (Å²) in [5.74, 6) is 1.10. The van der Waals surface area contributed by atoms with E-state index in [1.165, 1.54) is 17.7 Å². The number of aromatic nitrogens is 2. The second-order valence-electron chi connectivity index (χ2n) is 5.19. The highest BCUT2D eigenvalue weighted by atomic mass is 16.5. The van der Waals surface area contributed by atoms with Gasteiger partial charge < -0.3 is 15.4 Å². The first kappa shape index (κ1) is 11.9. The van der Waals surface area contributed by atoms with Crippen LogP contribution in [0.1, 0.15) is 24.6 Å². The maximum absolute atomic E-state index is 5.80. The van der Waals surface area contributed by atoms with Gasteiger partial charge in [-0.05, 0) is 26.2 Å². The molecule has 5 nitrogen and oxygen atoms in total. The van der Waals surface area contributed by atoms with Gasteiger partial charge in [0.25, 0.3) is 0 Å². The molecule has 0 amide bonds. The summed E-state index contributed by atoms with van der Waals surface area (Å²) < 4.78 is 5.80.